The number of Topliss-reactive ketones (excluding diaryl/α,β-unsaturated/α-hetero) is 1. The van der Waals surface area contributed by atoms with E-state index in [0.29, 0.717) is 6.42 Å². The molecule has 1 rings (SSSR count). The average molecular weight is 275 g/mol. The monoisotopic (exact) mass is 274 g/mol. The third-order valence-corrected chi connectivity index (χ3v) is 2.53. The molecule has 0 aliphatic rings. The molecule has 0 saturated carbocycles. The molecule has 0 aliphatic heterocycles. The number of ketones is 1. The quantitative estimate of drug-likeness (QED) is 0.857. The van der Waals surface area contributed by atoms with Gasteiger partial charge in [-0.25, -0.2) is 4.39 Å². The molecule has 1 N–H and O–H groups in total. The highest BCUT2D eigenvalue weighted by Gasteiger charge is 2.16. The minimum atomic E-state index is -0.535. The van der Waals surface area contributed by atoms with Crippen LogP contribution in [-0.4, -0.2) is 10.9 Å². The first-order valence-corrected chi connectivity index (χ1v) is 5.42. The van der Waals surface area contributed by atoms with Crippen molar-refractivity contribution in [2.45, 2.75) is 20.3 Å². The van der Waals surface area contributed by atoms with Crippen molar-refractivity contribution in [2.24, 2.45) is 5.92 Å². The first-order chi connectivity index (χ1) is 6.91. The Kier molecular flexibility index (Phi) is 3.85. The Morgan fingerprint density at radius 3 is 2.67 bits per heavy atom. The summed E-state index contributed by atoms with van der Waals surface area (Å²) in [5.41, 5.74) is 0.0376. The number of halogens is 2. The standard InChI is InChI=1S/C11H12BrFO2/c1-6(2)3-10(14)8-4-7(13)5-9(12)11(8)15/h4-6,15H,3H2,1-2H3. The van der Waals surface area contributed by atoms with E-state index >= 15 is 0 Å². The summed E-state index contributed by atoms with van der Waals surface area (Å²) in [5, 5.41) is 9.57. The van der Waals surface area contributed by atoms with Crippen LogP contribution in [0.3, 0.4) is 0 Å². The van der Waals surface area contributed by atoms with E-state index < -0.39 is 5.82 Å². The predicted octanol–water partition coefficient (Wildman–Crippen LogP) is 3.52. The largest absolute Gasteiger partial charge is 0.506 e. The normalized spacial score (nSPS) is 10.7. The zero-order valence-corrected chi connectivity index (χ0v) is 10.1. The Morgan fingerprint density at radius 2 is 2.13 bits per heavy atom. The van der Waals surface area contributed by atoms with Crippen molar-refractivity contribution in [1.29, 1.82) is 0 Å². The van der Waals surface area contributed by atoms with E-state index in [1.54, 1.807) is 0 Å². The molecule has 0 heterocycles. The second kappa shape index (κ2) is 4.75. The molecule has 0 radical (unpaired) electrons. The van der Waals surface area contributed by atoms with Gasteiger partial charge in [-0.15, -0.1) is 0 Å². The Bertz CT molecular complexity index is 388. The molecule has 0 spiro atoms. The lowest BCUT2D eigenvalue weighted by Gasteiger charge is -2.07. The molecule has 0 fully saturated rings. The molecule has 0 bridgehead atoms. The minimum Gasteiger partial charge on any atom is -0.506 e. The fraction of sp³-hybridized carbons (Fsp3) is 0.364. The molecule has 0 unspecified atom stereocenters. The summed E-state index contributed by atoms with van der Waals surface area (Å²) in [7, 11) is 0. The number of carbonyl (C=O) groups excluding carboxylic acids is 1. The molecule has 0 atom stereocenters. The van der Waals surface area contributed by atoms with E-state index in [1.807, 2.05) is 13.8 Å². The second-order valence-electron chi connectivity index (χ2n) is 3.80. The smallest absolute Gasteiger partial charge is 0.166 e. The van der Waals surface area contributed by atoms with Crippen molar-refractivity contribution in [3.05, 3.63) is 28.0 Å². The van der Waals surface area contributed by atoms with Crippen LogP contribution in [0.15, 0.2) is 16.6 Å². The highest BCUT2D eigenvalue weighted by Crippen LogP contribution is 2.30. The van der Waals surface area contributed by atoms with Crippen LogP contribution in [0.1, 0.15) is 30.6 Å². The van der Waals surface area contributed by atoms with Crippen molar-refractivity contribution in [3.8, 4) is 5.75 Å². The number of hydrogen-bond donors (Lipinski definition) is 1. The van der Waals surface area contributed by atoms with Crippen LogP contribution in [-0.2, 0) is 0 Å². The van der Waals surface area contributed by atoms with Gasteiger partial charge in [-0.2, -0.15) is 0 Å². The maximum Gasteiger partial charge on any atom is 0.166 e. The zero-order valence-electron chi connectivity index (χ0n) is 8.55. The van der Waals surface area contributed by atoms with E-state index in [-0.39, 0.29) is 27.5 Å². The van der Waals surface area contributed by atoms with E-state index in [9.17, 15) is 14.3 Å². The van der Waals surface area contributed by atoms with Crippen molar-refractivity contribution >= 4 is 21.7 Å². The first-order valence-electron chi connectivity index (χ1n) is 4.63. The SMILES string of the molecule is CC(C)CC(=O)c1cc(F)cc(Br)c1O. The van der Waals surface area contributed by atoms with Crippen LogP contribution < -0.4 is 0 Å². The summed E-state index contributed by atoms with van der Waals surface area (Å²) in [6.45, 7) is 3.78. The van der Waals surface area contributed by atoms with Gasteiger partial charge in [0.2, 0.25) is 0 Å². The lowest BCUT2D eigenvalue weighted by molar-refractivity contribution is 0.0964. The molecule has 1 aromatic carbocycles. The Hall–Kier alpha value is -0.900. The molecule has 82 valence electrons. The number of aromatic hydroxyl groups is 1. The lowest BCUT2D eigenvalue weighted by atomic mass is 10.0. The zero-order chi connectivity index (χ0) is 11.6. The Balaban J connectivity index is 3.08. The Labute approximate surface area is 96.2 Å². The van der Waals surface area contributed by atoms with E-state index in [4.69, 9.17) is 0 Å². The molecule has 0 amide bonds. The van der Waals surface area contributed by atoms with Crippen LogP contribution in [0.5, 0.6) is 5.75 Å². The van der Waals surface area contributed by atoms with Gasteiger partial charge in [-0.1, -0.05) is 13.8 Å². The van der Waals surface area contributed by atoms with Crippen LogP contribution in [0.2, 0.25) is 0 Å². The van der Waals surface area contributed by atoms with Gasteiger partial charge in [0.1, 0.15) is 11.6 Å². The van der Waals surface area contributed by atoms with E-state index in [1.165, 1.54) is 0 Å². The molecule has 0 saturated heterocycles. The fourth-order valence-electron chi connectivity index (χ4n) is 1.26. The van der Waals surface area contributed by atoms with Crippen LogP contribution >= 0.6 is 15.9 Å². The average Bonchev–Trinajstić information content (AvgIpc) is 2.09. The van der Waals surface area contributed by atoms with Gasteiger partial charge >= 0.3 is 0 Å². The predicted molar refractivity (Wildman–Crippen MR) is 59.6 cm³/mol. The second-order valence-corrected chi connectivity index (χ2v) is 4.66. The summed E-state index contributed by atoms with van der Waals surface area (Å²) in [6.07, 6.45) is 0.295. The summed E-state index contributed by atoms with van der Waals surface area (Å²) in [5.74, 6) is -0.796. The molecular weight excluding hydrogens is 263 g/mol. The third kappa shape index (κ3) is 3.02. The van der Waals surface area contributed by atoms with Crippen molar-refractivity contribution in [3.63, 3.8) is 0 Å². The number of benzene rings is 1. The maximum atomic E-state index is 13.0. The van der Waals surface area contributed by atoms with Gasteiger partial charge in [0.25, 0.3) is 0 Å². The number of carbonyl (C=O) groups is 1. The molecule has 4 heteroatoms. The van der Waals surface area contributed by atoms with Crippen molar-refractivity contribution < 1.29 is 14.3 Å². The topological polar surface area (TPSA) is 37.3 Å². The Morgan fingerprint density at radius 1 is 1.53 bits per heavy atom. The summed E-state index contributed by atoms with van der Waals surface area (Å²) < 4.78 is 13.2. The van der Waals surface area contributed by atoms with Crippen molar-refractivity contribution in [1.82, 2.24) is 0 Å². The highest BCUT2D eigenvalue weighted by atomic mass is 79.9. The summed E-state index contributed by atoms with van der Waals surface area (Å²) in [4.78, 5) is 11.6. The fourth-order valence-corrected chi connectivity index (χ4v) is 1.69. The van der Waals surface area contributed by atoms with Crippen LogP contribution in [0, 0.1) is 11.7 Å². The van der Waals surface area contributed by atoms with Crippen LogP contribution in [0.4, 0.5) is 4.39 Å². The molecule has 15 heavy (non-hydrogen) atoms. The number of phenolic OH excluding ortho intramolecular Hbond substituents is 1. The molecular formula is C11H12BrFO2. The lowest BCUT2D eigenvalue weighted by Crippen LogP contribution is -2.04. The van der Waals surface area contributed by atoms with E-state index in [2.05, 4.69) is 15.9 Å². The molecule has 2 nitrogen and oxygen atoms in total. The molecule has 0 aromatic heterocycles. The van der Waals surface area contributed by atoms with Crippen molar-refractivity contribution in [2.75, 3.05) is 0 Å². The van der Waals surface area contributed by atoms with Gasteiger partial charge in [-0.3, -0.25) is 4.79 Å². The highest BCUT2D eigenvalue weighted by molar-refractivity contribution is 9.10. The number of hydrogen-bond acceptors (Lipinski definition) is 2. The van der Waals surface area contributed by atoms with Gasteiger partial charge < -0.3 is 5.11 Å². The summed E-state index contributed by atoms with van der Waals surface area (Å²) in [6, 6.07) is 2.19. The number of phenols is 1. The maximum absolute atomic E-state index is 13.0. The van der Waals surface area contributed by atoms with Gasteiger partial charge in [0.15, 0.2) is 5.78 Å². The van der Waals surface area contributed by atoms with Crippen LogP contribution in [0.25, 0.3) is 0 Å². The number of rotatable bonds is 3. The molecule has 1 aromatic rings. The third-order valence-electron chi connectivity index (χ3n) is 1.92. The summed E-state index contributed by atoms with van der Waals surface area (Å²) >= 11 is 2.99. The minimum absolute atomic E-state index is 0.0376. The van der Waals surface area contributed by atoms with Gasteiger partial charge in [0, 0.05) is 6.42 Å². The van der Waals surface area contributed by atoms with Gasteiger partial charge in [-0.05, 0) is 34.0 Å². The van der Waals surface area contributed by atoms with E-state index in [0.717, 1.165) is 12.1 Å². The first kappa shape index (κ1) is 12.2. The molecule has 0 aliphatic carbocycles. The van der Waals surface area contributed by atoms with Gasteiger partial charge in [0.05, 0.1) is 10.0 Å².